The maximum Gasteiger partial charge on any atom is 0.300 e. The van der Waals surface area contributed by atoms with Crippen molar-refractivity contribution in [2.75, 3.05) is 32.8 Å². The largest absolute Gasteiger partial charge is 0.507 e. The summed E-state index contributed by atoms with van der Waals surface area (Å²) in [5, 5.41) is 11.4. The Morgan fingerprint density at radius 2 is 1.59 bits per heavy atom. The van der Waals surface area contributed by atoms with Crippen LogP contribution in [-0.2, 0) is 9.59 Å². The SMILES string of the molecule is COc1cc(C2/C(=C(\O)c3ccc(OCC(C)C)cc3)C(=O)C(=O)N2c2cccc(F)c2)cc(OC)c1OC. The molecule has 9 heteroatoms. The molecule has 8 nitrogen and oxygen atoms in total. The maximum absolute atomic E-state index is 14.2. The van der Waals surface area contributed by atoms with Gasteiger partial charge in [0.15, 0.2) is 11.5 Å². The zero-order valence-electron chi connectivity index (χ0n) is 22.4. The molecule has 0 spiro atoms. The van der Waals surface area contributed by atoms with Crippen LogP contribution < -0.4 is 23.8 Å². The normalized spacial score (nSPS) is 16.5. The van der Waals surface area contributed by atoms with Gasteiger partial charge in [-0.1, -0.05) is 19.9 Å². The molecule has 0 aliphatic carbocycles. The van der Waals surface area contributed by atoms with Gasteiger partial charge in [0, 0.05) is 11.3 Å². The highest BCUT2D eigenvalue weighted by molar-refractivity contribution is 6.51. The minimum atomic E-state index is -1.13. The number of methoxy groups -OCH3 is 3. The van der Waals surface area contributed by atoms with Crippen LogP contribution in [0.2, 0.25) is 0 Å². The van der Waals surface area contributed by atoms with Gasteiger partial charge in [-0.2, -0.15) is 0 Å². The fourth-order valence-electron chi connectivity index (χ4n) is 4.43. The molecule has 0 radical (unpaired) electrons. The number of aliphatic hydroxyl groups is 1. The van der Waals surface area contributed by atoms with Crippen LogP contribution in [0.5, 0.6) is 23.0 Å². The quantitative estimate of drug-likeness (QED) is 0.219. The van der Waals surface area contributed by atoms with Crippen LogP contribution in [0, 0.1) is 11.7 Å². The fourth-order valence-corrected chi connectivity index (χ4v) is 4.43. The van der Waals surface area contributed by atoms with Crippen LogP contribution in [0.3, 0.4) is 0 Å². The van der Waals surface area contributed by atoms with E-state index in [1.807, 2.05) is 13.8 Å². The monoisotopic (exact) mass is 535 g/mol. The average Bonchev–Trinajstić information content (AvgIpc) is 3.20. The summed E-state index contributed by atoms with van der Waals surface area (Å²) in [6.07, 6.45) is 0. The van der Waals surface area contributed by atoms with E-state index >= 15 is 0 Å². The zero-order chi connectivity index (χ0) is 28.3. The Labute approximate surface area is 226 Å². The number of hydrogen-bond acceptors (Lipinski definition) is 7. The molecule has 1 heterocycles. The smallest absolute Gasteiger partial charge is 0.300 e. The maximum atomic E-state index is 14.2. The minimum Gasteiger partial charge on any atom is -0.507 e. The number of halogens is 1. The van der Waals surface area contributed by atoms with Crippen molar-refractivity contribution in [3.05, 3.63) is 83.2 Å². The van der Waals surface area contributed by atoms with E-state index in [1.165, 1.54) is 39.5 Å². The molecule has 1 aliphatic heterocycles. The van der Waals surface area contributed by atoms with E-state index < -0.39 is 23.5 Å². The first-order valence-corrected chi connectivity index (χ1v) is 12.3. The van der Waals surface area contributed by atoms with Crippen LogP contribution >= 0.6 is 0 Å². The number of amides is 1. The standard InChI is InChI=1S/C30H30FNO7/c1-17(2)16-39-22-11-9-18(10-12-22)27(33)25-26(19-13-23(36-3)29(38-5)24(14-19)37-4)32(30(35)28(25)34)21-8-6-7-20(31)15-21/h6-15,17,26,33H,16H2,1-5H3/b27-25+. The minimum absolute atomic E-state index is 0.146. The van der Waals surface area contributed by atoms with Gasteiger partial charge in [0.05, 0.1) is 39.6 Å². The molecule has 1 N–H and O–H groups in total. The summed E-state index contributed by atoms with van der Waals surface area (Å²) in [5.41, 5.74) is 0.662. The summed E-state index contributed by atoms with van der Waals surface area (Å²) in [7, 11) is 4.33. The van der Waals surface area contributed by atoms with Gasteiger partial charge >= 0.3 is 0 Å². The predicted octanol–water partition coefficient (Wildman–Crippen LogP) is 5.51. The molecule has 1 unspecified atom stereocenters. The number of ether oxygens (including phenoxy) is 4. The van der Waals surface area contributed by atoms with E-state index in [1.54, 1.807) is 36.4 Å². The van der Waals surface area contributed by atoms with Crippen LogP contribution in [0.25, 0.3) is 5.76 Å². The number of nitrogens with zero attached hydrogens (tertiary/aromatic N) is 1. The van der Waals surface area contributed by atoms with Crippen molar-refractivity contribution >= 4 is 23.1 Å². The van der Waals surface area contributed by atoms with Crippen LogP contribution in [0.1, 0.15) is 31.0 Å². The third-order valence-electron chi connectivity index (χ3n) is 6.24. The van der Waals surface area contributed by atoms with E-state index in [-0.39, 0.29) is 28.5 Å². The van der Waals surface area contributed by atoms with E-state index in [2.05, 4.69) is 0 Å². The molecule has 1 atom stereocenters. The van der Waals surface area contributed by atoms with E-state index in [0.29, 0.717) is 35.2 Å². The summed E-state index contributed by atoms with van der Waals surface area (Å²) < 4.78 is 36.3. The predicted molar refractivity (Wildman–Crippen MR) is 144 cm³/mol. The Hall–Kier alpha value is -4.53. The molecule has 3 aromatic rings. The summed E-state index contributed by atoms with van der Waals surface area (Å²) in [6, 6.07) is 13.9. The lowest BCUT2D eigenvalue weighted by molar-refractivity contribution is -0.132. The molecular weight excluding hydrogens is 505 g/mol. The first-order valence-electron chi connectivity index (χ1n) is 12.3. The van der Waals surface area contributed by atoms with Gasteiger partial charge in [0.25, 0.3) is 11.7 Å². The number of rotatable bonds is 9. The lowest BCUT2D eigenvalue weighted by atomic mass is 9.94. The second kappa shape index (κ2) is 11.5. The van der Waals surface area contributed by atoms with Gasteiger partial charge in [-0.3, -0.25) is 14.5 Å². The Morgan fingerprint density at radius 1 is 0.949 bits per heavy atom. The van der Waals surface area contributed by atoms with Gasteiger partial charge in [-0.25, -0.2) is 4.39 Å². The molecule has 204 valence electrons. The lowest BCUT2D eigenvalue weighted by Crippen LogP contribution is -2.29. The van der Waals surface area contributed by atoms with Crippen molar-refractivity contribution in [1.82, 2.24) is 0 Å². The molecule has 4 rings (SSSR count). The summed E-state index contributed by atoms with van der Waals surface area (Å²) in [4.78, 5) is 28.0. The molecule has 1 amide bonds. The van der Waals surface area contributed by atoms with Crippen molar-refractivity contribution in [2.45, 2.75) is 19.9 Å². The highest BCUT2D eigenvalue weighted by atomic mass is 19.1. The van der Waals surface area contributed by atoms with Gasteiger partial charge < -0.3 is 24.1 Å². The third kappa shape index (κ3) is 5.38. The number of hydrogen-bond donors (Lipinski definition) is 1. The summed E-state index contributed by atoms with van der Waals surface area (Å²) in [5.74, 6) is -1.02. The first-order chi connectivity index (χ1) is 18.7. The van der Waals surface area contributed by atoms with Crippen molar-refractivity contribution in [1.29, 1.82) is 0 Å². The molecule has 1 aliphatic rings. The van der Waals surface area contributed by atoms with Crippen LogP contribution in [0.4, 0.5) is 10.1 Å². The second-order valence-electron chi connectivity index (χ2n) is 9.34. The Kier molecular flexibility index (Phi) is 8.09. The van der Waals surface area contributed by atoms with E-state index in [0.717, 1.165) is 11.0 Å². The van der Waals surface area contributed by atoms with Crippen molar-refractivity contribution in [3.8, 4) is 23.0 Å². The molecule has 1 saturated heterocycles. The highest BCUT2D eigenvalue weighted by Gasteiger charge is 2.47. The average molecular weight is 536 g/mol. The molecule has 3 aromatic carbocycles. The zero-order valence-corrected chi connectivity index (χ0v) is 22.4. The van der Waals surface area contributed by atoms with Crippen LogP contribution in [-0.4, -0.2) is 44.7 Å². The molecule has 0 saturated carbocycles. The Morgan fingerprint density at radius 3 is 2.13 bits per heavy atom. The Balaban J connectivity index is 1.91. The first kappa shape index (κ1) is 27.5. The number of benzene rings is 3. The lowest BCUT2D eigenvalue weighted by Gasteiger charge is -2.26. The van der Waals surface area contributed by atoms with Gasteiger partial charge in [-0.15, -0.1) is 0 Å². The van der Waals surface area contributed by atoms with Gasteiger partial charge in [0.1, 0.15) is 17.3 Å². The second-order valence-corrected chi connectivity index (χ2v) is 9.34. The summed E-state index contributed by atoms with van der Waals surface area (Å²) in [6.45, 7) is 4.58. The molecule has 1 fully saturated rings. The summed E-state index contributed by atoms with van der Waals surface area (Å²) >= 11 is 0. The molecule has 0 aromatic heterocycles. The number of aliphatic hydroxyl groups excluding tert-OH is 1. The van der Waals surface area contributed by atoms with Gasteiger partial charge in [0.2, 0.25) is 5.75 Å². The van der Waals surface area contributed by atoms with E-state index in [4.69, 9.17) is 18.9 Å². The molecule has 39 heavy (non-hydrogen) atoms. The fraction of sp³-hybridized carbons (Fsp3) is 0.267. The molecule has 0 bridgehead atoms. The third-order valence-corrected chi connectivity index (χ3v) is 6.24. The van der Waals surface area contributed by atoms with Crippen molar-refractivity contribution < 1.29 is 38.0 Å². The van der Waals surface area contributed by atoms with Gasteiger partial charge in [-0.05, 0) is 66.1 Å². The number of Topliss-reactive ketones (excluding diaryl/α,β-unsaturated/α-hetero) is 1. The molecular formula is C30H30FNO7. The Bertz CT molecular complexity index is 1390. The van der Waals surface area contributed by atoms with E-state index in [9.17, 15) is 19.1 Å². The highest BCUT2D eigenvalue weighted by Crippen LogP contribution is 2.47. The number of carbonyl (C=O) groups is 2. The van der Waals surface area contributed by atoms with Crippen molar-refractivity contribution in [2.24, 2.45) is 5.92 Å². The van der Waals surface area contributed by atoms with Crippen molar-refractivity contribution in [3.63, 3.8) is 0 Å². The topological polar surface area (TPSA) is 94.5 Å². The number of anilines is 1. The number of ketones is 1. The number of carbonyl (C=O) groups excluding carboxylic acids is 2. The van der Waals surface area contributed by atoms with Crippen LogP contribution in [0.15, 0.2) is 66.2 Å².